The molecule has 1 aliphatic carbocycles. The lowest BCUT2D eigenvalue weighted by Gasteiger charge is -2.22. The van der Waals surface area contributed by atoms with E-state index in [1.54, 1.807) is 11.6 Å². The number of nitriles is 1. The van der Waals surface area contributed by atoms with Crippen molar-refractivity contribution in [2.45, 2.75) is 37.4 Å². The number of tetrazole rings is 1. The van der Waals surface area contributed by atoms with Gasteiger partial charge in [0.05, 0.1) is 18.4 Å². The Labute approximate surface area is 155 Å². The van der Waals surface area contributed by atoms with Gasteiger partial charge in [-0.2, -0.15) is 9.94 Å². The highest BCUT2D eigenvalue weighted by atomic mass is 32.2. The summed E-state index contributed by atoms with van der Waals surface area (Å²) in [6.07, 6.45) is 1.95. The number of thioether (sulfide) groups is 1. The van der Waals surface area contributed by atoms with Crippen molar-refractivity contribution in [1.82, 2.24) is 25.5 Å². The largest absolute Gasteiger partial charge is 0.492 e. The maximum atomic E-state index is 12.3. The van der Waals surface area contributed by atoms with Gasteiger partial charge in [-0.15, -0.1) is 5.10 Å². The first-order valence-corrected chi connectivity index (χ1v) is 9.41. The Morgan fingerprint density at radius 2 is 2.27 bits per heavy atom. The summed E-state index contributed by atoms with van der Waals surface area (Å²) in [5.74, 6) is 0.823. The van der Waals surface area contributed by atoms with Crippen molar-refractivity contribution in [2.75, 3.05) is 12.4 Å². The molecular formula is C17H20N6O2S. The fourth-order valence-electron chi connectivity index (χ4n) is 2.67. The third-order valence-corrected chi connectivity index (χ3v) is 5.11. The van der Waals surface area contributed by atoms with E-state index < -0.39 is 5.54 Å². The summed E-state index contributed by atoms with van der Waals surface area (Å²) in [4.78, 5) is 12.3. The van der Waals surface area contributed by atoms with Crippen molar-refractivity contribution >= 4 is 17.7 Å². The number of amides is 1. The van der Waals surface area contributed by atoms with E-state index in [1.165, 1.54) is 11.8 Å². The van der Waals surface area contributed by atoms with Gasteiger partial charge >= 0.3 is 0 Å². The lowest BCUT2D eigenvalue weighted by Crippen LogP contribution is -2.47. The molecule has 0 saturated heterocycles. The molecular weight excluding hydrogens is 352 g/mol. The monoisotopic (exact) mass is 372 g/mol. The predicted octanol–water partition coefficient (Wildman–Crippen LogP) is 1.96. The van der Waals surface area contributed by atoms with Gasteiger partial charge in [-0.25, -0.2) is 0 Å². The van der Waals surface area contributed by atoms with E-state index in [0.717, 1.165) is 12.8 Å². The summed E-state index contributed by atoms with van der Waals surface area (Å²) < 4.78 is 7.16. The second-order valence-electron chi connectivity index (χ2n) is 6.20. The van der Waals surface area contributed by atoms with E-state index in [9.17, 15) is 10.1 Å². The van der Waals surface area contributed by atoms with Gasteiger partial charge in [-0.05, 0) is 55.2 Å². The summed E-state index contributed by atoms with van der Waals surface area (Å²) >= 11 is 1.22. The average Bonchev–Trinajstić information content (AvgIpc) is 3.40. The van der Waals surface area contributed by atoms with Crippen molar-refractivity contribution in [2.24, 2.45) is 5.92 Å². The van der Waals surface area contributed by atoms with Crippen LogP contribution in [0.15, 0.2) is 29.4 Å². The Balaban J connectivity index is 1.68. The SMILES string of the molecule is CCOc1ccccc1-n1nnnc1SCC(=O)N[C@](C)(C#N)C1CC1. The molecule has 2 aromatic rings. The molecule has 0 aliphatic heterocycles. The molecule has 1 heterocycles. The van der Waals surface area contributed by atoms with Crippen LogP contribution in [0.4, 0.5) is 0 Å². The molecule has 1 atom stereocenters. The van der Waals surface area contributed by atoms with Crippen LogP contribution < -0.4 is 10.1 Å². The molecule has 3 rings (SSSR count). The highest BCUT2D eigenvalue weighted by molar-refractivity contribution is 7.99. The number of aromatic nitrogens is 4. The lowest BCUT2D eigenvalue weighted by atomic mass is 9.98. The summed E-state index contributed by atoms with van der Waals surface area (Å²) in [5, 5.41) is 24.4. The Bertz CT molecular complexity index is 829. The number of nitrogens with zero attached hydrogens (tertiary/aromatic N) is 5. The Morgan fingerprint density at radius 1 is 1.50 bits per heavy atom. The molecule has 136 valence electrons. The van der Waals surface area contributed by atoms with Crippen LogP contribution >= 0.6 is 11.8 Å². The average molecular weight is 372 g/mol. The molecule has 1 aromatic carbocycles. The van der Waals surface area contributed by atoms with Gasteiger partial charge in [0.25, 0.3) is 0 Å². The number of para-hydroxylation sites is 2. The molecule has 1 saturated carbocycles. The molecule has 0 unspecified atom stereocenters. The molecule has 1 fully saturated rings. The Morgan fingerprint density at radius 3 is 2.96 bits per heavy atom. The highest BCUT2D eigenvalue weighted by Crippen LogP contribution is 2.39. The van der Waals surface area contributed by atoms with Crippen LogP contribution in [0.2, 0.25) is 0 Å². The standard InChI is InChI=1S/C17H20N6O2S/c1-3-25-14-7-5-4-6-13(14)23-16(20-21-22-23)26-10-15(24)19-17(2,11-18)12-8-9-12/h4-7,12H,3,8-10H2,1-2H3,(H,19,24)/t17-/m1/s1. The fraction of sp³-hybridized carbons (Fsp3) is 0.471. The highest BCUT2D eigenvalue weighted by Gasteiger charge is 2.42. The molecule has 1 aromatic heterocycles. The van der Waals surface area contributed by atoms with Crippen LogP contribution in [-0.4, -0.2) is 44.0 Å². The summed E-state index contributed by atoms with van der Waals surface area (Å²) in [6.45, 7) is 4.20. The van der Waals surface area contributed by atoms with E-state index in [0.29, 0.717) is 23.2 Å². The number of hydrogen-bond donors (Lipinski definition) is 1. The van der Waals surface area contributed by atoms with Crippen LogP contribution in [0.3, 0.4) is 0 Å². The summed E-state index contributed by atoms with van der Waals surface area (Å²) in [7, 11) is 0. The van der Waals surface area contributed by atoms with Crippen LogP contribution in [0.5, 0.6) is 5.75 Å². The van der Waals surface area contributed by atoms with Crippen LogP contribution in [0.25, 0.3) is 5.69 Å². The van der Waals surface area contributed by atoms with Crippen molar-refractivity contribution in [3.05, 3.63) is 24.3 Å². The number of hydrogen-bond acceptors (Lipinski definition) is 7. The molecule has 26 heavy (non-hydrogen) atoms. The molecule has 1 aliphatic rings. The van der Waals surface area contributed by atoms with Crippen LogP contribution in [-0.2, 0) is 4.79 Å². The first kappa shape index (κ1) is 18.2. The predicted molar refractivity (Wildman–Crippen MR) is 95.9 cm³/mol. The van der Waals surface area contributed by atoms with E-state index in [4.69, 9.17) is 4.74 Å². The van der Waals surface area contributed by atoms with E-state index in [1.807, 2.05) is 31.2 Å². The normalized spacial score (nSPS) is 15.7. The second kappa shape index (κ2) is 7.74. The van der Waals surface area contributed by atoms with Crippen LogP contribution in [0.1, 0.15) is 26.7 Å². The van der Waals surface area contributed by atoms with Crippen LogP contribution in [0, 0.1) is 17.2 Å². The third kappa shape index (κ3) is 3.96. The summed E-state index contributed by atoms with van der Waals surface area (Å²) in [6, 6.07) is 9.66. The maximum absolute atomic E-state index is 12.3. The maximum Gasteiger partial charge on any atom is 0.231 e. The molecule has 0 spiro atoms. The van der Waals surface area contributed by atoms with Gasteiger partial charge in [-0.1, -0.05) is 23.9 Å². The molecule has 1 N–H and O–H groups in total. The van der Waals surface area contributed by atoms with Crippen molar-refractivity contribution < 1.29 is 9.53 Å². The third-order valence-electron chi connectivity index (χ3n) is 4.19. The van der Waals surface area contributed by atoms with Crippen molar-refractivity contribution in [3.63, 3.8) is 0 Å². The second-order valence-corrected chi connectivity index (χ2v) is 7.14. The van der Waals surface area contributed by atoms with Gasteiger partial charge in [0.2, 0.25) is 11.1 Å². The fourth-order valence-corrected chi connectivity index (χ4v) is 3.35. The van der Waals surface area contributed by atoms with E-state index in [2.05, 4.69) is 26.9 Å². The smallest absolute Gasteiger partial charge is 0.231 e. The van der Waals surface area contributed by atoms with E-state index in [-0.39, 0.29) is 17.6 Å². The zero-order chi connectivity index (χ0) is 18.6. The zero-order valence-electron chi connectivity index (χ0n) is 14.7. The lowest BCUT2D eigenvalue weighted by molar-refractivity contribution is -0.119. The molecule has 8 nitrogen and oxygen atoms in total. The van der Waals surface area contributed by atoms with Gasteiger partial charge in [-0.3, -0.25) is 4.79 Å². The Hall–Kier alpha value is -2.60. The number of carbonyl (C=O) groups is 1. The number of nitrogens with one attached hydrogen (secondary N) is 1. The Kier molecular flexibility index (Phi) is 5.42. The molecule has 9 heteroatoms. The van der Waals surface area contributed by atoms with Crippen molar-refractivity contribution in [3.8, 4) is 17.5 Å². The molecule has 0 bridgehead atoms. The molecule has 1 amide bonds. The minimum absolute atomic E-state index is 0.126. The number of ether oxygens (including phenoxy) is 1. The first-order valence-electron chi connectivity index (χ1n) is 8.43. The van der Waals surface area contributed by atoms with Gasteiger partial charge in [0.1, 0.15) is 17.0 Å². The van der Waals surface area contributed by atoms with Crippen molar-refractivity contribution in [1.29, 1.82) is 5.26 Å². The number of carbonyl (C=O) groups excluding carboxylic acids is 1. The first-order chi connectivity index (χ1) is 12.6. The quantitative estimate of drug-likeness (QED) is 0.706. The van der Waals surface area contributed by atoms with Gasteiger partial charge in [0.15, 0.2) is 0 Å². The van der Waals surface area contributed by atoms with E-state index >= 15 is 0 Å². The number of benzene rings is 1. The minimum atomic E-state index is -0.800. The molecule has 0 radical (unpaired) electrons. The van der Waals surface area contributed by atoms with Gasteiger partial charge < -0.3 is 10.1 Å². The number of rotatable bonds is 8. The zero-order valence-corrected chi connectivity index (χ0v) is 15.5. The summed E-state index contributed by atoms with van der Waals surface area (Å²) in [5.41, 5.74) is -0.0902. The minimum Gasteiger partial charge on any atom is -0.492 e. The topological polar surface area (TPSA) is 106 Å². The van der Waals surface area contributed by atoms with Gasteiger partial charge in [0, 0.05) is 0 Å².